The lowest BCUT2D eigenvalue weighted by Gasteiger charge is -2.30. The van der Waals surface area contributed by atoms with Gasteiger partial charge < -0.3 is 19.7 Å². The summed E-state index contributed by atoms with van der Waals surface area (Å²) in [6, 6.07) is 5.71. The quantitative estimate of drug-likeness (QED) is 0.592. The van der Waals surface area contributed by atoms with Crippen LogP contribution in [0.4, 0.5) is 24.7 Å². The predicted molar refractivity (Wildman–Crippen MR) is 120 cm³/mol. The van der Waals surface area contributed by atoms with Crippen molar-refractivity contribution in [2.75, 3.05) is 43.6 Å². The second-order valence-corrected chi connectivity index (χ2v) is 8.03. The zero-order chi connectivity index (χ0) is 23.8. The summed E-state index contributed by atoms with van der Waals surface area (Å²) in [5.74, 6) is 0.929. The van der Waals surface area contributed by atoms with Crippen molar-refractivity contribution < 1.29 is 22.6 Å². The molecule has 33 heavy (non-hydrogen) atoms. The molecular formula is C23H26F3N5O2. The van der Waals surface area contributed by atoms with E-state index in [-0.39, 0.29) is 5.56 Å². The van der Waals surface area contributed by atoms with Crippen molar-refractivity contribution in [2.24, 2.45) is 0 Å². The van der Waals surface area contributed by atoms with Crippen molar-refractivity contribution in [3.63, 3.8) is 0 Å². The topological polar surface area (TPSA) is 72.4 Å². The van der Waals surface area contributed by atoms with Crippen LogP contribution in [0.5, 0.6) is 5.88 Å². The molecule has 1 N–H and O–H groups in total. The lowest BCUT2D eigenvalue weighted by atomic mass is 9.97. The van der Waals surface area contributed by atoms with Crippen LogP contribution in [-0.2, 0) is 10.9 Å². The molecule has 4 rings (SSSR count). The third kappa shape index (κ3) is 4.52. The molecule has 1 fully saturated rings. The van der Waals surface area contributed by atoms with Gasteiger partial charge in [-0.3, -0.25) is 0 Å². The first-order chi connectivity index (χ1) is 15.7. The molecule has 1 saturated heterocycles. The predicted octanol–water partition coefficient (Wildman–Crippen LogP) is 4.68. The Morgan fingerprint density at radius 1 is 1.15 bits per heavy atom. The normalized spacial score (nSPS) is 15.5. The van der Waals surface area contributed by atoms with Gasteiger partial charge in [-0.25, -0.2) is 4.98 Å². The number of rotatable bonds is 5. The number of alkyl halides is 3. The van der Waals surface area contributed by atoms with E-state index in [0.717, 1.165) is 17.1 Å². The van der Waals surface area contributed by atoms with E-state index >= 15 is 0 Å². The van der Waals surface area contributed by atoms with Crippen molar-refractivity contribution in [3.8, 4) is 5.88 Å². The van der Waals surface area contributed by atoms with Crippen LogP contribution >= 0.6 is 0 Å². The number of anilines is 2. The first-order valence-electron chi connectivity index (χ1n) is 10.7. The third-order valence-electron chi connectivity index (χ3n) is 5.91. The number of ether oxygens (including phenoxy) is 2. The van der Waals surface area contributed by atoms with Gasteiger partial charge in [0.05, 0.1) is 37.6 Å². The highest BCUT2D eigenvalue weighted by Gasteiger charge is 2.33. The zero-order valence-corrected chi connectivity index (χ0v) is 19.0. The number of pyridine rings is 1. The molecule has 0 radical (unpaired) electrons. The third-order valence-corrected chi connectivity index (χ3v) is 5.91. The molecule has 0 aliphatic carbocycles. The molecule has 1 atom stereocenters. The Morgan fingerprint density at radius 2 is 1.88 bits per heavy atom. The Labute approximate surface area is 189 Å². The molecule has 176 valence electrons. The molecule has 2 aromatic heterocycles. The standard InChI is InChI=1S/C23H26F3N5O2/c1-13-16(6-5-7-18(13)23(24,25)26)14(2)27-21-17-12-19(31-8-10-33-11-9-31)22(32-4)28-20(17)15(3)29-30-21/h5-7,12,14H,8-11H2,1-4H3,(H,27,30)/t14-/m1/s1. The maximum Gasteiger partial charge on any atom is 0.416 e. The lowest BCUT2D eigenvalue weighted by Crippen LogP contribution is -2.36. The number of aromatic nitrogens is 3. The maximum absolute atomic E-state index is 13.4. The molecule has 1 aromatic carbocycles. The summed E-state index contributed by atoms with van der Waals surface area (Å²) in [7, 11) is 1.57. The lowest BCUT2D eigenvalue weighted by molar-refractivity contribution is -0.138. The fourth-order valence-electron chi connectivity index (χ4n) is 4.17. The van der Waals surface area contributed by atoms with E-state index in [4.69, 9.17) is 9.47 Å². The first kappa shape index (κ1) is 23.0. The van der Waals surface area contributed by atoms with Crippen LogP contribution in [0.3, 0.4) is 0 Å². The van der Waals surface area contributed by atoms with Gasteiger partial charge in [-0.15, -0.1) is 5.10 Å². The van der Waals surface area contributed by atoms with Crippen molar-refractivity contribution >= 4 is 22.4 Å². The molecular weight excluding hydrogens is 435 g/mol. The van der Waals surface area contributed by atoms with Gasteiger partial charge in [0.25, 0.3) is 0 Å². The van der Waals surface area contributed by atoms with Crippen LogP contribution in [0.15, 0.2) is 24.3 Å². The van der Waals surface area contributed by atoms with Crippen molar-refractivity contribution in [3.05, 3.63) is 46.6 Å². The van der Waals surface area contributed by atoms with Gasteiger partial charge >= 0.3 is 6.18 Å². The van der Waals surface area contributed by atoms with E-state index in [1.807, 2.05) is 6.07 Å². The average Bonchev–Trinajstić information content (AvgIpc) is 2.80. The Bertz CT molecular complexity index is 1160. The first-order valence-corrected chi connectivity index (χ1v) is 10.7. The summed E-state index contributed by atoms with van der Waals surface area (Å²) in [4.78, 5) is 6.81. The number of morpholine rings is 1. The summed E-state index contributed by atoms with van der Waals surface area (Å²) < 4.78 is 51.2. The molecule has 1 aliphatic heterocycles. The highest BCUT2D eigenvalue weighted by atomic mass is 19.4. The van der Waals surface area contributed by atoms with E-state index < -0.39 is 17.8 Å². The van der Waals surface area contributed by atoms with Gasteiger partial charge in [-0.2, -0.15) is 18.3 Å². The Morgan fingerprint density at radius 3 is 2.55 bits per heavy atom. The smallest absolute Gasteiger partial charge is 0.416 e. The molecule has 0 bridgehead atoms. The Hall–Kier alpha value is -3.14. The van der Waals surface area contributed by atoms with Crippen LogP contribution in [0, 0.1) is 13.8 Å². The number of aryl methyl sites for hydroxylation is 1. The summed E-state index contributed by atoms with van der Waals surface area (Å²) in [6.45, 7) is 7.69. The molecule has 3 heterocycles. The molecule has 1 aliphatic rings. The van der Waals surface area contributed by atoms with E-state index in [1.165, 1.54) is 13.0 Å². The molecule has 0 saturated carbocycles. The Kier molecular flexibility index (Phi) is 6.29. The van der Waals surface area contributed by atoms with Gasteiger partial charge in [0.15, 0.2) is 5.82 Å². The summed E-state index contributed by atoms with van der Waals surface area (Å²) in [5, 5.41) is 12.5. The number of nitrogens with zero attached hydrogens (tertiary/aromatic N) is 4. The van der Waals surface area contributed by atoms with Crippen LogP contribution in [-0.4, -0.2) is 48.6 Å². The number of benzene rings is 1. The van der Waals surface area contributed by atoms with Gasteiger partial charge in [-0.05, 0) is 44.0 Å². The van der Waals surface area contributed by atoms with E-state index in [9.17, 15) is 13.2 Å². The second kappa shape index (κ2) is 9.01. The number of halogens is 3. The second-order valence-electron chi connectivity index (χ2n) is 8.03. The average molecular weight is 461 g/mol. The van der Waals surface area contributed by atoms with Crippen LogP contribution < -0.4 is 15.0 Å². The Balaban J connectivity index is 1.76. The molecule has 0 amide bonds. The monoisotopic (exact) mass is 461 g/mol. The molecule has 0 unspecified atom stereocenters. The van der Waals surface area contributed by atoms with E-state index in [2.05, 4.69) is 25.4 Å². The summed E-state index contributed by atoms with van der Waals surface area (Å²) >= 11 is 0. The van der Waals surface area contributed by atoms with Crippen LogP contribution in [0.25, 0.3) is 10.9 Å². The van der Waals surface area contributed by atoms with E-state index in [1.54, 1.807) is 27.0 Å². The number of hydrogen-bond donors (Lipinski definition) is 1. The fraction of sp³-hybridized carbons (Fsp3) is 0.435. The molecule has 3 aromatic rings. The van der Waals surface area contributed by atoms with Crippen LogP contribution in [0.2, 0.25) is 0 Å². The van der Waals surface area contributed by atoms with Crippen molar-refractivity contribution in [1.82, 2.24) is 15.2 Å². The maximum atomic E-state index is 13.4. The van der Waals surface area contributed by atoms with Gasteiger partial charge in [0.1, 0.15) is 11.2 Å². The molecule has 10 heteroatoms. The molecule has 7 nitrogen and oxygen atoms in total. The molecule has 0 spiro atoms. The number of fused-ring (bicyclic) bond motifs is 1. The van der Waals surface area contributed by atoms with Crippen molar-refractivity contribution in [2.45, 2.75) is 33.0 Å². The summed E-state index contributed by atoms with van der Waals surface area (Å²) in [6.07, 6.45) is -4.41. The number of hydrogen-bond acceptors (Lipinski definition) is 7. The summed E-state index contributed by atoms with van der Waals surface area (Å²) in [5.41, 5.74) is 2.14. The van der Waals surface area contributed by atoms with Gasteiger partial charge in [0.2, 0.25) is 5.88 Å². The van der Waals surface area contributed by atoms with Crippen LogP contribution in [0.1, 0.15) is 35.3 Å². The SMILES string of the molecule is COc1nc2c(C)nnc(N[C@H](C)c3cccc(C(F)(F)F)c3C)c2cc1N1CCOCC1. The minimum absolute atomic E-state index is 0.183. The highest BCUT2D eigenvalue weighted by molar-refractivity contribution is 5.93. The largest absolute Gasteiger partial charge is 0.480 e. The zero-order valence-electron chi connectivity index (χ0n) is 19.0. The van der Waals surface area contributed by atoms with E-state index in [0.29, 0.717) is 54.8 Å². The van der Waals surface area contributed by atoms with Gasteiger partial charge in [0, 0.05) is 18.5 Å². The minimum Gasteiger partial charge on any atom is -0.480 e. The highest BCUT2D eigenvalue weighted by Crippen LogP contribution is 2.37. The van der Waals surface area contributed by atoms with Gasteiger partial charge in [-0.1, -0.05) is 12.1 Å². The number of methoxy groups -OCH3 is 1. The fourth-order valence-corrected chi connectivity index (χ4v) is 4.17. The minimum atomic E-state index is -4.41. The number of nitrogens with one attached hydrogen (secondary N) is 1. The van der Waals surface area contributed by atoms with Crippen molar-refractivity contribution in [1.29, 1.82) is 0 Å².